The van der Waals surface area contributed by atoms with E-state index in [4.69, 9.17) is 23.6 Å². The number of rotatable bonds is 2. The summed E-state index contributed by atoms with van der Waals surface area (Å²) in [6.45, 7) is 0. The van der Waals surface area contributed by atoms with Crippen LogP contribution < -0.4 is 0 Å². The molecule has 0 amide bonds. The summed E-state index contributed by atoms with van der Waals surface area (Å²) in [5.74, 6) is 0. The van der Waals surface area contributed by atoms with Crippen molar-refractivity contribution in [2.24, 2.45) is 0 Å². The van der Waals surface area contributed by atoms with Gasteiger partial charge in [0.25, 0.3) is 0 Å². The predicted molar refractivity (Wildman–Crippen MR) is 140 cm³/mol. The third-order valence-electron chi connectivity index (χ3n) is 5.78. The standard InChI is InChI=1S/C32H20O/c1-2-11-21(12-3-1)30-22-13-4-6-15-24(22)31(25-16-7-5-14-23(25)30)27-18-10-20-29-32(27)26-17-8-9-19-28(26)33-29/h1-20H/i1D,2D,3D,4D,5D,6D,7D,8D,9D,10D,17D,18D,19D,20D. The Kier molecular flexibility index (Phi) is 1.98. The minimum Gasteiger partial charge on any atom is -0.456 e. The smallest absolute Gasteiger partial charge is 0.136 e. The molecule has 0 saturated heterocycles. The first-order valence-electron chi connectivity index (χ1n) is 17.1. The van der Waals surface area contributed by atoms with E-state index in [1.165, 1.54) is 36.4 Å². The molecule has 1 nitrogen and oxygen atoms in total. The average Bonchev–Trinajstić information content (AvgIpc) is 3.42. The van der Waals surface area contributed by atoms with Gasteiger partial charge in [-0.3, -0.25) is 0 Å². The Balaban J connectivity index is 1.83. The Labute approximate surface area is 211 Å². The number of hydrogen-bond donors (Lipinski definition) is 0. The van der Waals surface area contributed by atoms with Crippen LogP contribution in [0.3, 0.4) is 0 Å². The zero-order valence-corrected chi connectivity index (χ0v) is 16.9. The molecule has 0 radical (unpaired) electrons. The summed E-state index contributed by atoms with van der Waals surface area (Å²) < 4.78 is 125. The van der Waals surface area contributed by atoms with Crippen molar-refractivity contribution in [2.75, 3.05) is 0 Å². The lowest BCUT2D eigenvalue weighted by Gasteiger charge is -2.18. The quantitative estimate of drug-likeness (QED) is 0.247. The second kappa shape index (κ2) is 7.08. The van der Waals surface area contributed by atoms with E-state index in [2.05, 4.69) is 0 Å². The summed E-state index contributed by atoms with van der Waals surface area (Å²) in [5, 5.41) is 0.901. The van der Waals surface area contributed by atoms with Crippen LogP contribution in [-0.2, 0) is 0 Å². The Morgan fingerprint density at radius 2 is 1.03 bits per heavy atom. The Morgan fingerprint density at radius 3 is 1.73 bits per heavy atom. The van der Waals surface area contributed by atoms with Crippen LogP contribution in [0.1, 0.15) is 19.2 Å². The molecule has 0 N–H and O–H groups in total. The van der Waals surface area contributed by atoms with E-state index in [1.54, 1.807) is 0 Å². The van der Waals surface area contributed by atoms with Crippen LogP contribution >= 0.6 is 0 Å². The predicted octanol–water partition coefficient (Wildman–Crippen LogP) is 9.23. The van der Waals surface area contributed by atoms with Gasteiger partial charge in [-0.25, -0.2) is 0 Å². The second-order valence-corrected chi connectivity index (χ2v) is 7.48. The van der Waals surface area contributed by atoms with Gasteiger partial charge in [-0.2, -0.15) is 0 Å². The lowest BCUT2D eigenvalue weighted by Crippen LogP contribution is -1.91. The monoisotopic (exact) mass is 434 g/mol. The van der Waals surface area contributed by atoms with Crippen molar-refractivity contribution in [2.45, 2.75) is 0 Å². The van der Waals surface area contributed by atoms with Crippen molar-refractivity contribution in [1.82, 2.24) is 0 Å². The van der Waals surface area contributed by atoms with Crippen molar-refractivity contribution in [1.29, 1.82) is 0 Å². The first-order valence-corrected chi connectivity index (χ1v) is 10.1. The van der Waals surface area contributed by atoms with E-state index < -0.39 is 42.3 Å². The maximum absolute atomic E-state index is 9.15. The van der Waals surface area contributed by atoms with Gasteiger partial charge < -0.3 is 4.42 Å². The van der Waals surface area contributed by atoms with Crippen molar-refractivity contribution in [3.8, 4) is 22.3 Å². The van der Waals surface area contributed by atoms with Gasteiger partial charge in [0.05, 0.1) is 19.2 Å². The van der Waals surface area contributed by atoms with Crippen LogP contribution in [0, 0.1) is 0 Å². The van der Waals surface area contributed by atoms with Crippen LogP contribution in [0.5, 0.6) is 0 Å². The fraction of sp³-hybridized carbons (Fsp3) is 0. The summed E-state index contributed by atoms with van der Waals surface area (Å²) in [4.78, 5) is 0. The Morgan fingerprint density at radius 1 is 0.455 bits per heavy atom. The first kappa shape index (κ1) is 9.25. The molecule has 0 aliphatic heterocycles. The second-order valence-electron chi connectivity index (χ2n) is 7.48. The van der Waals surface area contributed by atoms with Gasteiger partial charge in [-0.15, -0.1) is 0 Å². The molecule has 1 aromatic heterocycles. The summed E-state index contributed by atoms with van der Waals surface area (Å²) in [5.41, 5.74) is 0.185. The lowest BCUT2D eigenvalue weighted by molar-refractivity contribution is 0.669. The van der Waals surface area contributed by atoms with Crippen LogP contribution in [0.2, 0.25) is 0 Å². The normalized spacial score (nSPS) is 17.6. The Bertz CT molecular complexity index is 2480. The number of furan rings is 1. The van der Waals surface area contributed by atoms with E-state index in [0.29, 0.717) is 21.9 Å². The number of para-hydroxylation sites is 1. The maximum Gasteiger partial charge on any atom is 0.136 e. The molecule has 7 rings (SSSR count). The molecule has 0 aliphatic rings. The molecular weight excluding hydrogens is 400 g/mol. The Hall–Kier alpha value is -4.36. The molecule has 0 fully saturated rings. The molecule has 0 bridgehead atoms. The summed E-state index contributed by atoms with van der Waals surface area (Å²) in [6.07, 6.45) is 0. The minimum atomic E-state index is -0.580. The molecule has 0 spiro atoms. The van der Waals surface area contributed by atoms with Crippen molar-refractivity contribution in [3.63, 3.8) is 0 Å². The number of hydrogen-bond acceptors (Lipinski definition) is 1. The molecule has 6 aromatic carbocycles. The number of fused-ring (bicyclic) bond motifs is 5. The third-order valence-corrected chi connectivity index (χ3v) is 5.78. The van der Waals surface area contributed by atoms with Crippen LogP contribution in [-0.4, -0.2) is 0 Å². The van der Waals surface area contributed by atoms with E-state index in [1.807, 2.05) is 0 Å². The molecule has 1 heteroatoms. The highest BCUT2D eigenvalue weighted by Crippen LogP contribution is 2.46. The number of benzene rings is 6. The maximum atomic E-state index is 9.15. The fourth-order valence-corrected chi connectivity index (χ4v) is 4.47. The van der Waals surface area contributed by atoms with Crippen LogP contribution in [0.25, 0.3) is 65.7 Å². The zero-order chi connectivity index (χ0) is 34.0. The van der Waals surface area contributed by atoms with Crippen molar-refractivity contribution in [3.05, 3.63) is 121 Å². The van der Waals surface area contributed by atoms with Gasteiger partial charge >= 0.3 is 0 Å². The van der Waals surface area contributed by atoms with Crippen molar-refractivity contribution < 1.29 is 23.6 Å². The lowest BCUT2D eigenvalue weighted by atomic mass is 9.85. The average molecular weight is 435 g/mol. The van der Waals surface area contributed by atoms with Crippen LogP contribution in [0.4, 0.5) is 0 Å². The summed E-state index contributed by atoms with van der Waals surface area (Å²) in [7, 11) is 0. The zero-order valence-electron chi connectivity index (χ0n) is 30.9. The molecule has 154 valence electrons. The third kappa shape index (κ3) is 2.66. The van der Waals surface area contributed by atoms with E-state index in [0.717, 1.165) is 0 Å². The van der Waals surface area contributed by atoms with Gasteiger partial charge in [0.15, 0.2) is 0 Å². The van der Waals surface area contributed by atoms with E-state index in [-0.39, 0.29) is 86.1 Å². The van der Waals surface area contributed by atoms with Gasteiger partial charge in [0.2, 0.25) is 0 Å². The molecule has 1 heterocycles. The topological polar surface area (TPSA) is 13.1 Å². The molecule has 7 aromatic rings. The van der Waals surface area contributed by atoms with Gasteiger partial charge in [-0.1, -0.05) is 109 Å². The first-order chi connectivity index (χ1) is 22.1. The highest BCUT2D eigenvalue weighted by Gasteiger charge is 2.19. The van der Waals surface area contributed by atoms with Crippen LogP contribution in [0.15, 0.2) is 125 Å². The van der Waals surface area contributed by atoms with Gasteiger partial charge in [0.1, 0.15) is 11.2 Å². The molecular formula is C32H20O. The molecule has 0 unspecified atom stereocenters. The molecule has 0 saturated carbocycles. The SMILES string of the molecule is [2H]c1cc2c(-c3cc([2H])c([2H])c([2H])c3)c3cc([2H])c([2H])cc3c(-c3c([2H])c([2H])c([2H])c4oc5c([2H])c([2H])c([2H])c([2H])c5c34)c2cc1[2H]. The molecule has 0 aliphatic carbocycles. The van der Waals surface area contributed by atoms with Crippen molar-refractivity contribution >= 4 is 43.5 Å². The largest absolute Gasteiger partial charge is 0.456 e. The summed E-state index contributed by atoms with van der Waals surface area (Å²) >= 11 is 0. The molecule has 33 heavy (non-hydrogen) atoms. The fourth-order valence-electron chi connectivity index (χ4n) is 4.47. The van der Waals surface area contributed by atoms with Gasteiger partial charge in [0, 0.05) is 10.8 Å². The summed E-state index contributed by atoms with van der Waals surface area (Å²) in [6, 6.07) is 2.87. The molecule has 0 atom stereocenters. The highest BCUT2D eigenvalue weighted by atomic mass is 16.3. The van der Waals surface area contributed by atoms with E-state index >= 15 is 0 Å². The van der Waals surface area contributed by atoms with E-state index in [9.17, 15) is 0 Å². The highest BCUT2D eigenvalue weighted by molar-refractivity contribution is 6.25. The minimum absolute atomic E-state index is 0.0447. The van der Waals surface area contributed by atoms with Gasteiger partial charge in [-0.05, 0) is 55.9 Å².